The average Bonchev–Trinajstić information content (AvgIpc) is 2.89. The van der Waals surface area contributed by atoms with Gasteiger partial charge in [0.2, 0.25) is 0 Å². The van der Waals surface area contributed by atoms with Crippen LogP contribution in [0.1, 0.15) is 29.2 Å². The Kier molecular flexibility index (Phi) is 3.91. The number of aliphatic hydroxyl groups excluding tert-OH is 1. The molecule has 6 heteroatoms. The van der Waals surface area contributed by atoms with E-state index in [1.807, 2.05) is 33.9 Å². The number of nitrogens with zero attached hydrogens (tertiary/aromatic N) is 2. The van der Waals surface area contributed by atoms with Crippen molar-refractivity contribution in [2.24, 2.45) is 13.0 Å². The number of thiophene rings is 1. The highest BCUT2D eigenvalue weighted by Crippen LogP contribution is 2.27. The normalized spacial score (nSPS) is 13.2. The van der Waals surface area contributed by atoms with Gasteiger partial charge in [-0.25, -0.2) is 0 Å². The van der Waals surface area contributed by atoms with E-state index in [2.05, 4.69) is 10.4 Å². The molecule has 2 rings (SSSR count). The van der Waals surface area contributed by atoms with Crippen LogP contribution in [0.5, 0.6) is 0 Å². The van der Waals surface area contributed by atoms with E-state index in [0.29, 0.717) is 4.88 Å². The molecule has 5 nitrogen and oxygen atoms in total. The summed E-state index contributed by atoms with van der Waals surface area (Å²) >= 11 is 1.42. The molecule has 0 saturated heterocycles. The number of hydrogen-bond donors (Lipinski definition) is 2. The Morgan fingerprint density at radius 2 is 2.26 bits per heavy atom. The van der Waals surface area contributed by atoms with Crippen LogP contribution in [0, 0.1) is 12.8 Å². The number of aryl methyl sites for hydroxylation is 2. The first-order chi connectivity index (χ1) is 8.93. The number of nitrogens with one attached hydrogen (secondary N) is 1. The minimum atomic E-state index is -0.211. The number of carbonyl (C=O) groups is 1. The van der Waals surface area contributed by atoms with Gasteiger partial charge in [0.25, 0.3) is 5.91 Å². The molecule has 0 unspecified atom stereocenters. The molecule has 19 heavy (non-hydrogen) atoms. The summed E-state index contributed by atoms with van der Waals surface area (Å²) in [5.74, 6) is 0.0695. The van der Waals surface area contributed by atoms with Crippen LogP contribution in [0.4, 0.5) is 0 Å². The topological polar surface area (TPSA) is 67.2 Å². The maximum Gasteiger partial charge on any atom is 0.261 e. The van der Waals surface area contributed by atoms with E-state index in [9.17, 15) is 9.90 Å². The van der Waals surface area contributed by atoms with E-state index >= 15 is 0 Å². The summed E-state index contributed by atoms with van der Waals surface area (Å²) in [6, 6.07) is 1.66. The summed E-state index contributed by atoms with van der Waals surface area (Å²) in [4.78, 5) is 13.8. The first kappa shape index (κ1) is 14.0. The third kappa shape index (κ3) is 2.64. The Morgan fingerprint density at radius 3 is 2.79 bits per heavy atom. The fourth-order valence-corrected chi connectivity index (χ4v) is 3.01. The second kappa shape index (κ2) is 5.30. The van der Waals surface area contributed by atoms with Crippen LogP contribution >= 0.6 is 11.3 Å². The molecular weight excluding hydrogens is 262 g/mol. The van der Waals surface area contributed by atoms with Crippen molar-refractivity contribution in [1.82, 2.24) is 15.1 Å². The van der Waals surface area contributed by atoms with Crippen molar-refractivity contribution in [1.29, 1.82) is 0 Å². The minimum absolute atomic E-state index is 0.0467. The zero-order chi connectivity index (χ0) is 14.2. The smallest absolute Gasteiger partial charge is 0.261 e. The summed E-state index contributed by atoms with van der Waals surface area (Å²) < 4.78 is 1.79. The van der Waals surface area contributed by atoms with Gasteiger partial charge in [0.15, 0.2) is 0 Å². The van der Waals surface area contributed by atoms with Gasteiger partial charge in [0.1, 0.15) is 4.83 Å². The molecule has 0 aliphatic heterocycles. The summed E-state index contributed by atoms with van der Waals surface area (Å²) in [6.45, 7) is 5.83. The lowest BCUT2D eigenvalue weighted by molar-refractivity contribution is 0.0901. The molecule has 2 heterocycles. The van der Waals surface area contributed by atoms with E-state index in [-0.39, 0.29) is 24.5 Å². The van der Waals surface area contributed by atoms with Crippen molar-refractivity contribution < 1.29 is 9.90 Å². The molecule has 0 aromatic carbocycles. The van der Waals surface area contributed by atoms with E-state index < -0.39 is 0 Å². The first-order valence-corrected chi connectivity index (χ1v) is 7.10. The molecule has 1 atom stereocenters. The van der Waals surface area contributed by atoms with Crippen LogP contribution in [-0.2, 0) is 7.05 Å². The zero-order valence-electron chi connectivity index (χ0n) is 11.6. The Balaban J connectivity index is 2.24. The molecule has 104 valence electrons. The molecule has 0 spiro atoms. The minimum Gasteiger partial charge on any atom is -0.394 e. The van der Waals surface area contributed by atoms with E-state index in [0.717, 1.165) is 15.9 Å². The van der Waals surface area contributed by atoms with Crippen molar-refractivity contribution in [3.63, 3.8) is 0 Å². The van der Waals surface area contributed by atoms with Gasteiger partial charge in [-0.05, 0) is 18.9 Å². The lowest BCUT2D eigenvalue weighted by Gasteiger charge is -2.19. The van der Waals surface area contributed by atoms with Crippen molar-refractivity contribution >= 4 is 27.5 Å². The van der Waals surface area contributed by atoms with Crippen molar-refractivity contribution in [3.8, 4) is 0 Å². The van der Waals surface area contributed by atoms with Crippen molar-refractivity contribution in [3.05, 3.63) is 16.6 Å². The molecular formula is C13H19N3O2S. The molecule has 0 radical (unpaired) electrons. The van der Waals surface area contributed by atoms with Gasteiger partial charge in [-0.1, -0.05) is 13.8 Å². The first-order valence-electron chi connectivity index (χ1n) is 6.29. The Labute approximate surface area is 116 Å². The third-order valence-corrected chi connectivity index (χ3v) is 4.44. The van der Waals surface area contributed by atoms with Gasteiger partial charge in [-0.15, -0.1) is 11.3 Å². The summed E-state index contributed by atoms with van der Waals surface area (Å²) in [5.41, 5.74) is 0.926. The molecule has 0 bridgehead atoms. The number of fused-ring (bicyclic) bond motifs is 1. The number of aromatic nitrogens is 2. The van der Waals surface area contributed by atoms with Crippen LogP contribution in [0.2, 0.25) is 0 Å². The van der Waals surface area contributed by atoms with Crippen LogP contribution in [0.15, 0.2) is 6.07 Å². The van der Waals surface area contributed by atoms with Crippen LogP contribution in [-0.4, -0.2) is 33.4 Å². The molecule has 0 fully saturated rings. The SMILES string of the molecule is Cc1nn(C)c2sc(C(=O)N[C@H](CO)C(C)C)cc12. The van der Waals surface area contributed by atoms with Gasteiger partial charge >= 0.3 is 0 Å². The predicted octanol–water partition coefficient (Wildman–Crippen LogP) is 1.69. The number of hydrogen-bond acceptors (Lipinski definition) is 4. The Hall–Kier alpha value is -1.40. The van der Waals surface area contributed by atoms with Crippen LogP contribution < -0.4 is 5.32 Å². The highest BCUT2D eigenvalue weighted by Gasteiger charge is 2.19. The highest BCUT2D eigenvalue weighted by molar-refractivity contribution is 7.20. The quantitative estimate of drug-likeness (QED) is 0.896. The standard InChI is InChI=1S/C13H19N3O2S/c1-7(2)10(6-17)14-12(18)11-5-9-8(3)15-16(4)13(9)19-11/h5,7,10,17H,6H2,1-4H3,(H,14,18)/t10-/m1/s1. The van der Waals surface area contributed by atoms with E-state index in [1.165, 1.54) is 11.3 Å². The number of amides is 1. The number of aliphatic hydroxyl groups is 1. The summed E-state index contributed by atoms with van der Waals surface area (Å²) in [6.07, 6.45) is 0. The molecule has 0 aliphatic carbocycles. The van der Waals surface area contributed by atoms with Crippen LogP contribution in [0.3, 0.4) is 0 Å². The Bertz CT molecular complexity index is 566. The zero-order valence-corrected chi connectivity index (χ0v) is 12.4. The lowest BCUT2D eigenvalue weighted by atomic mass is 10.1. The maximum atomic E-state index is 12.2. The van der Waals surface area contributed by atoms with Crippen molar-refractivity contribution in [2.75, 3.05) is 6.61 Å². The third-order valence-electron chi connectivity index (χ3n) is 3.24. The molecule has 2 aromatic rings. The molecule has 0 aliphatic rings. The number of rotatable bonds is 4. The van der Waals surface area contributed by atoms with Crippen molar-refractivity contribution in [2.45, 2.75) is 26.8 Å². The fourth-order valence-electron chi connectivity index (χ4n) is 1.98. The van der Waals surface area contributed by atoms with Crippen LogP contribution in [0.25, 0.3) is 10.2 Å². The second-order valence-corrected chi connectivity index (χ2v) is 6.08. The van der Waals surface area contributed by atoms with Gasteiger partial charge < -0.3 is 10.4 Å². The monoisotopic (exact) mass is 281 g/mol. The predicted molar refractivity (Wildman–Crippen MR) is 76.5 cm³/mol. The second-order valence-electron chi connectivity index (χ2n) is 5.05. The molecule has 2 N–H and O–H groups in total. The largest absolute Gasteiger partial charge is 0.394 e. The lowest BCUT2D eigenvalue weighted by Crippen LogP contribution is -2.40. The van der Waals surface area contributed by atoms with Gasteiger partial charge in [-0.3, -0.25) is 9.48 Å². The summed E-state index contributed by atoms with van der Waals surface area (Å²) in [7, 11) is 1.87. The average molecular weight is 281 g/mol. The maximum absolute atomic E-state index is 12.2. The fraction of sp³-hybridized carbons (Fsp3) is 0.538. The van der Waals surface area contributed by atoms with E-state index in [4.69, 9.17) is 0 Å². The Morgan fingerprint density at radius 1 is 1.58 bits per heavy atom. The van der Waals surface area contributed by atoms with Gasteiger partial charge in [0, 0.05) is 12.4 Å². The number of carbonyl (C=O) groups excluding carboxylic acids is 1. The molecule has 2 aromatic heterocycles. The molecule has 0 saturated carbocycles. The highest BCUT2D eigenvalue weighted by atomic mass is 32.1. The molecule has 1 amide bonds. The van der Waals surface area contributed by atoms with Gasteiger partial charge in [0.05, 0.1) is 23.2 Å². The van der Waals surface area contributed by atoms with Gasteiger partial charge in [-0.2, -0.15) is 5.10 Å². The van der Waals surface area contributed by atoms with E-state index in [1.54, 1.807) is 4.68 Å². The summed E-state index contributed by atoms with van der Waals surface area (Å²) in [5, 5.41) is 17.4.